The minimum atomic E-state index is -3.03. The number of H-pyrrole nitrogens is 4. The number of piperidine rings is 1. The lowest BCUT2D eigenvalue weighted by Crippen LogP contribution is -2.40. The number of likely N-dealkylation sites (tertiary alicyclic amines) is 2. The van der Waals surface area contributed by atoms with Crippen LogP contribution in [0, 0.1) is 21.7 Å². The Labute approximate surface area is 830 Å². The molecule has 0 spiro atoms. The van der Waals surface area contributed by atoms with Crippen LogP contribution in [0.1, 0.15) is 151 Å². The van der Waals surface area contributed by atoms with Gasteiger partial charge in [-0.25, -0.2) is 73.5 Å². The molecule has 36 nitrogen and oxygen atoms in total. The van der Waals surface area contributed by atoms with Crippen LogP contribution in [0.2, 0.25) is 0 Å². The van der Waals surface area contributed by atoms with Gasteiger partial charge in [-0.15, -0.1) is 0 Å². The molecule has 0 bridgehead atoms. The van der Waals surface area contributed by atoms with Crippen molar-refractivity contribution < 1.29 is 76.9 Å². The number of benzene rings is 4. The Hall–Kier alpha value is -11.9. The van der Waals surface area contributed by atoms with Crippen molar-refractivity contribution in [3.05, 3.63) is 145 Å². The van der Waals surface area contributed by atoms with Gasteiger partial charge in [-0.3, -0.25) is 19.2 Å². The van der Waals surface area contributed by atoms with Crippen LogP contribution >= 0.6 is 0 Å². The summed E-state index contributed by atoms with van der Waals surface area (Å²) < 4.78 is 120. The van der Waals surface area contributed by atoms with Gasteiger partial charge < -0.3 is 78.3 Å². The van der Waals surface area contributed by atoms with Crippen molar-refractivity contribution in [1.29, 1.82) is 0 Å². The van der Waals surface area contributed by atoms with Crippen molar-refractivity contribution in [3.8, 4) is 68.0 Å². The Balaban J connectivity index is 0.000000143. The third kappa shape index (κ3) is 25.8. The topological polar surface area (TPSA) is 451 Å². The molecule has 12 aromatic rings. The molecule has 0 amide bonds. The highest BCUT2D eigenvalue weighted by molar-refractivity contribution is 7.92. The van der Waals surface area contributed by atoms with E-state index in [-0.39, 0.29) is 88.0 Å². The number of fused-ring (bicyclic) bond motifs is 4. The lowest BCUT2D eigenvalue weighted by atomic mass is 9.87. The summed E-state index contributed by atoms with van der Waals surface area (Å²) in [7, 11) is -3.86. The molecule has 2 atom stereocenters. The van der Waals surface area contributed by atoms with Crippen molar-refractivity contribution in [1.82, 2.24) is 74.5 Å². The van der Waals surface area contributed by atoms with Crippen LogP contribution in [0.5, 0.6) is 23.0 Å². The van der Waals surface area contributed by atoms with E-state index in [1.165, 1.54) is 0 Å². The predicted octanol–water partition coefficient (Wildman–Crippen LogP) is 12.6. The van der Waals surface area contributed by atoms with E-state index in [0.29, 0.717) is 160 Å². The maximum absolute atomic E-state index is 13.0. The van der Waals surface area contributed by atoms with E-state index in [1.54, 1.807) is 56.5 Å². The Morgan fingerprint density at radius 3 is 0.937 bits per heavy atom. The molecular weight excluding hydrogens is 1890 g/mol. The maximum Gasteiger partial charge on any atom is 0.171 e. The number of ether oxygens (including phenoxy) is 4. The summed E-state index contributed by atoms with van der Waals surface area (Å²) in [6, 6.07) is 23.3. The largest absolute Gasteiger partial charge is 0.492 e. The molecule has 6 fully saturated rings. The number of sulfone groups is 4. The van der Waals surface area contributed by atoms with Crippen molar-refractivity contribution in [2.45, 2.75) is 128 Å². The Morgan fingerprint density at radius 1 is 0.387 bits per heavy atom. The summed E-state index contributed by atoms with van der Waals surface area (Å²) >= 11 is 0. The van der Waals surface area contributed by atoms with E-state index in [9.17, 15) is 58.0 Å². The zero-order chi connectivity index (χ0) is 102. The van der Waals surface area contributed by atoms with E-state index >= 15 is 0 Å². The maximum atomic E-state index is 13.0. The molecule has 40 heteroatoms. The van der Waals surface area contributed by atoms with E-state index in [2.05, 4.69) is 78.5 Å². The fourth-order valence-corrected chi connectivity index (χ4v) is 22.2. The predicted molar refractivity (Wildman–Crippen MR) is 555 cm³/mol. The molecule has 5 N–H and O–H groups in total. The van der Waals surface area contributed by atoms with Crippen molar-refractivity contribution in [2.75, 3.05) is 192 Å². The summed E-state index contributed by atoms with van der Waals surface area (Å²) in [6.45, 7) is 32.6. The van der Waals surface area contributed by atoms with Crippen LogP contribution in [0.25, 0.3) is 89.7 Å². The van der Waals surface area contributed by atoms with Gasteiger partial charge in [0.2, 0.25) is 0 Å². The number of nitrogens with one attached hydrogen (secondary N) is 4. The van der Waals surface area contributed by atoms with E-state index in [4.69, 9.17) is 38.9 Å². The van der Waals surface area contributed by atoms with Crippen LogP contribution in [-0.4, -0.2) is 327 Å². The highest BCUT2D eigenvalue weighted by Crippen LogP contribution is 2.41. The SMILES string of the molecule is CC(CO)Oc1cc(-c2cnc3[nH]cc(C(=O)C(C)(C)C)c3n2)cc(N2CCS(=O)(=O)CC2)c1.CN(C)CCOc1cc(-c2cnc3[nH]cc(C(=O)C(C)(C)C)c3n2)cc(N2CCS(=O)(=O)CC2)c1.CN1CCC(Oc2cc(-c3cnc4[nH]cc(C(=O)C(C)(C)C)c4n3)cc(N3CCS(=O)(=O)CC3)c2)C1.CN1CCC(Oc2cc(-c3cnc4[nH]cc(C(=O)C(C)(C)C)c4n3)cc(N3CCS(=O)(=O)CC3)c2)CC1. The number of aliphatic hydroxyl groups is 1. The summed E-state index contributed by atoms with van der Waals surface area (Å²) in [5.41, 5.74) is 13.2. The number of aromatic nitrogens is 12. The standard InChI is InChI=1S/C27H35N5O4S.C26H33N5O4S.C25H33N5O4S.C24H30N4O5S/c1-27(2,3)25(33)22-16-28-26-24(22)30-23(17-29-26)18-13-19(32-9-11-37(34,35)12-10-32)15-21(14-18)36-20-5-7-31(4)8-6-20;1-26(2,3)24(32)21-14-27-25-23(21)29-22(15-28-25)17-11-18(31-7-9-36(33,34)10-8-31)13-20(12-17)35-19-5-6-30(4)16-19;1-25(2,3)23(31)20-15-26-24-22(20)28-21(16-27-24)17-12-18(30-7-10-35(32,33)11-8-30)14-19(13-17)34-9-6-29(4)5;1-15(14-29)33-18-10-16(9-17(11-18)28-5-7-34(31,32)8-6-28)20-13-26-23-21(27-20)19(12-25-23)22(30)24(2,3)4/h13-17,20H,5-12H2,1-4H3,(H,28,29);11-15,19H,5-10,16H2,1-4H3,(H,27,28);12-16H,6-11H2,1-5H3,(H,26,27);9-13,15,29H,5-8,14H2,1-4H3,(H,25,26). The second-order valence-corrected chi connectivity index (χ2v) is 51.2. The highest BCUT2D eigenvalue weighted by atomic mass is 32.2. The van der Waals surface area contributed by atoms with Gasteiger partial charge in [0, 0.05) is 201 Å². The molecule has 2 unspecified atom stereocenters. The van der Waals surface area contributed by atoms with Crippen LogP contribution < -0.4 is 38.5 Å². The third-order valence-corrected chi connectivity index (χ3v) is 32.3. The number of nitrogens with zero attached hydrogens (tertiary/aromatic N) is 15. The monoisotopic (exact) mass is 2020 g/mol. The Morgan fingerprint density at radius 2 is 0.655 bits per heavy atom. The lowest BCUT2D eigenvalue weighted by molar-refractivity contribution is 0.0854. The quantitative estimate of drug-likeness (QED) is 0.0371. The average Bonchev–Trinajstić information content (AvgIpc) is 1.58. The Kier molecular flexibility index (Phi) is 31.0. The minimum absolute atomic E-state index is 0.000217. The number of carbonyl (C=O) groups excluding carboxylic acids is 4. The molecule has 6 saturated heterocycles. The summed E-state index contributed by atoms with van der Waals surface area (Å²) in [5, 5.41) is 9.44. The molecule has 142 heavy (non-hydrogen) atoms. The fourth-order valence-electron chi connectivity index (χ4n) is 17.3. The van der Waals surface area contributed by atoms with Crippen LogP contribution in [0.4, 0.5) is 22.7 Å². The van der Waals surface area contributed by atoms with Crippen LogP contribution in [-0.2, 0) is 39.3 Å². The molecule has 0 aliphatic carbocycles. The molecule has 18 rings (SSSR count). The summed E-state index contributed by atoms with van der Waals surface area (Å²) in [6.07, 6.45) is 16.0. The Bertz CT molecular complexity index is 7130. The number of rotatable bonds is 23. The first-order chi connectivity index (χ1) is 66.9. The van der Waals surface area contributed by atoms with Crippen molar-refractivity contribution in [3.63, 3.8) is 0 Å². The molecule has 6 aliphatic rings. The van der Waals surface area contributed by atoms with Gasteiger partial charge in [-0.2, -0.15) is 0 Å². The minimum Gasteiger partial charge on any atom is -0.492 e. The lowest BCUT2D eigenvalue weighted by Gasteiger charge is -2.31. The number of Topliss-reactive ketones (excluding diaryl/α,β-unsaturated/α-hetero) is 4. The van der Waals surface area contributed by atoms with Crippen LogP contribution in [0.15, 0.2) is 122 Å². The first-order valence-corrected chi connectivity index (χ1v) is 55.4. The van der Waals surface area contributed by atoms with Gasteiger partial charge in [0.05, 0.1) is 122 Å². The molecular formula is C102H131N19O17S4. The number of anilines is 4. The van der Waals surface area contributed by atoms with Gasteiger partial charge in [-0.1, -0.05) is 83.1 Å². The van der Waals surface area contributed by atoms with Crippen molar-refractivity contribution in [2.24, 2.45) is 21.7 Å². The molecule has 8 aromatic heterocycles. The molecule has 14 heterocycles. The van der Waals surface area contributed by atoms with Crippen LogP contribution in [0.3, 0.4) is 0 Å². The second-order valence-electron chi connectivity index (χ2n) is 42.0. The number of ketones is 4. The zero-order valence-corrected chi connectivity index (χ0v) is 87.3. The average molecular weight is 2020 g/mol. The molecule has 0 saturated carbocycles. The molecule has 6 aliphatic heterocycles. The normalized spacial score (nSPS) is 18.3. The molecule has 0 radical (unpaired) electrons. The number of carbonyl (C=O) groups is 4. The van der Waals surface area contributed by atoms with E-state index in [1.807, 2.05) is 180 Å². The van der Waals surface area contributed by atoms with Gasteiger partial charge in [-0.05, 0) is 103 Å². The fraction of sp³-hybridized carbons (Fsp3) is 0.490. The molecule has 760 valence electrons. The van der Waals surface area contributed by atoms with E-state index < -0.39 is 67.1 Å². The van der Waals surface area contributed by atoms with Crippen molar-refractivity contribution >= 4 is 130 Å². The van der Waals surface area contributed by atoms with Gasteiger partial charge >= 0.3 is 0 Å². The number of hydrogen-bond acceptors (Lipinski definition) is 32. The first-order valence-electron chi connectivity index (χ1n) is 48.1. The van der Waals surface area contributed by atoms with E-state index in [0.717, 1.165) is 108 Å². The third-order valence-electron chi connectivity index (χ3n) is 25.8. The number of hydrogen-bond donors (Lipinski definition) is 5. The van der Waals surface area contributed by atoms with Gasteiger partial charge in [0.25, 0.3) is 0 Å². The number of aliphatic hydroxyl groups excluding tert-OH is 1. The number of likely N-dealkylation sites (N-methyl/N-ethyl adjacent to an activating group) is 2. The zero-order valence-electron chi connectivity index (χ0n) is 84.0. The highest BCUT2D eigenvalue weighted by Gasteiger charge is 2.36. The number of aromatic amines is 4. The summed E-state index contributed by atoms with van der Waals surface area (Å²) in [4.78, 5) is 116. The van der Waals surface area contributed by atoms with Gasteiger partial charge in [0.1, 0.15) is 70.0 Å². The molecule has 4 aromatic carbocycles. The second kappa shape index (κ2) is 42.2. The summed E-state index contributed by atoms with van der Waals surface area (Å²) in [5.74, 6) is 3.59. The smallest absolute Gasteiger partial charge is 0.171 e. The first kappa shape index (κ1) is 104. The van der Waals surface area contributed by atoms with Gasteiger partial charge in [0.15, 0.2) is 85.1 Å².